The molecule has 0 saturated heterocycles. The molecule has 0 amide bonds. The molecular weight excluding hydrogens is 232 g/mol. The Morgan fingerprint density at radius 2 is 1.74 bits per heavy atom. The number of aromatic nitrogens is 2. The van der Waals surface area contributed by atoms with Gasteiger partial charge < -0.3 is 0 Å². The highest BCUT2D eigenvalue weighted by atomic mass is 15.3. The molecule has 0 spiro atoms. The van der Waals surface area contributed by atoms with E-state index >= 15 is 0 Å². The van der Waals surface area contributed by atoms with Gasteiger partial charge in [-0.3, -0.25) is 0 Å². The molecule has 2 nitrogen and oxygen atoms in total. The lowest BCUT2D eigenvalue weighted by Crippen LogP contribution is -2.03. The molecule has 102 valence electrons. The summed E-state index contributed by atoms with van der Waals surface area (Å²) in [7, 11) is 0. The third-order valence-corrected chi connectivity index (χ3v) is 3.75. The van der Waals surface area contributed by atoms with E-state index in [4.69, 9.17) is 5.10 Å². The van der Waals surface area contributed by atoms with Crippen LogP contribution in [0.4, 0.5) is 0 Å². The van der Waals surface area contributed by atoms with Crippen LogP contribution in [0.5, 0.6) is 0 Å². The second-order valence-corrected chi connectivity index (χ2v) is 5.22. The molecule has 0 atom stereocenters. The van der Waals surface area contributed by atoms with Crippen LogP contribution in [0.3, 0.4) is 0 Å². The van der Waals surface area contributed by atoms with Crippen molar-refractivity contribution >= 4 is 0 Å². The highest BCUT2D eigenvalue weighted by Crippen LogP contribution is 2.20. The zero-order valence-corrected chi connectivity index (χ0v) is 12.3. The van der Waals surface area contributed by atoms with Crippen LogP contribution in [-0.2, 0) is 6.42 Å². The average Bonchev–Trinajstić information content (AvgIpc) is 2.72. The molecule has 0 fully saturated rings. The van der Waals surface area contributed by atoms with Gasteiger partial charge in [-0.25, -0.2) is 4.68 Å². The number of hydrogen-bond acceptors (Lipinski definition) is 1. The van der Waals surface area contributed by atoms with Crippen molar-refractivity contribution < 1.29 is 0 Å². The topological polar surface area (TPSA) is 17.8 Å². The minimum Gasteiger partial charge on any atom is -0.237 e. The Kier molecular flexibility index (Phi) is 4.78. The third kappa shape index (κ3) is 3.25. The fourth-order valence-corrected chi connectivity index (χ4v) is 2.45. The summed E-state index contributed by atoms with van der Waals surface area (Å²) in [6.07, 6.45) is 6.32. The summed E-state index contributed by atoms with van der Waals surface area (Å²) in [5.41, 5.74) is 5.04. The molecule has 1 aromatic carbocycles. The summed E-state index contributed by atoms with van der Waals surface area (Å²) in [5, 5.41) is 4.70. The maximum absolute atomic E-state index is 4.70. The molecule has 0 N–H and O–H groups in total. The molecule has 0 aliphatic heterocycles. The lowest BCUT2D eigenvalue weighted by Gasteiger charge is -2.08. The molecule has 2 heteroatoms. The number of unbranched alkanes of at least 4 members (excludes halogenated alkanes) is 3. The van der Waals surface area contributed by atoms with Crippen LogP contribution in [-0.4, -0.2) is 9.78 Å². The Balaban J connectivity index is 2.21. The summed E-state index contributed by atoms with van der Waals surface area (Å²) in [6, 6.07) is 10.4. The van der Waals surface area contributed by atoms with Crippen LogP contribution >= 0.6 is 0 Å². The van der Waals surface area contributed by atoms with Gasteiger partial charge in [0, 0.05) is 5.69 Å². The third-order valence-electron chi connectivity index (χ3n) is 3.75. The first-order valence-corrected chi connectivity index (χ1v) is 7.34. The lowest BCUT2D eigenvalue weighted by molar-refractivity contribution is 0.646. The maximum Gasteiger partial charge on any atom is 0.0649 e. The van der Waals surface area contributed by atoms with Gasteiger partial charge in [0.25, 0.3) is 0 Å². The second-order valence-electron chi connectivity index (χ2n) is 5.22. The molecule has 2 aromatic rings. The summed E-state index contributed by atoms with van der Waals surface area (Å²) in [4.78, 5) is 0. The number of benzene rings is 1. The zero-order chi connectivity index (χ0) is 13.7. The van der Waals surface area contributed by atoms with E-state index in [2.05, 4.69) is 49.7 Å². The minimum absolute atomic E-state index is 1.13. The van der Waals surface area contributed by atoms with Crippen molar-refractivity contribution in [2.45, 2.75) is 52.9 Å². The van der Waals surface area contributed by atoms with Crippen molar-refractivity contribution in [3.8, 4) is 5.69 Å². The Hall–Kier alpha value is -1.57. The van der Waals surface area contributed by atoms with Crippen molar-refractivity contribution in [2.24, 2.45) is 0 Å². The minimum atomic E-state index is 1.13. The van der Waals surface area contributed by atoms with E-state index in [1.54, 1.807) is 0 Å². The Morgan fingerprint density at radius 3 is 2.42 bits per heavy atom. The van der Waals surface area contributed by atoms with Crippen LogP contribution in [0.25, 0.3) is 5.69 Å². The van der Waals surface area contributed by atoms with Crippen LogP contribution < -0.4 is 0 Å². The molecular formula is C17H24N2. The van der Waals surface area contributed by atoms with Crippen molar-refractivity contribution in [1.29, 1.82) is 0 Å². The van der Waals surface area contributed by atoms with Crippen molar-refractivity contribution in [3.63, 3.8) is 0 Å². The number of nitrogens with zero attached hydrogens (tertiary/aromatic N) is 2. The fourth-order valence-electron chi connectivity index (χ4n) is 2.45. The van der Waals surface area contributed by atoms with Gasteiger partial charge in [0.1, 0.15) is 0 Å². The van der Waals surface area contributed by atoms with Gasteiger partial charge in [-0.1, -0.05) is 44.4 Å². The van der Waals surface area contributed by atoms with E-state index < -0.39 is 0 Å². The fraction of sp³-hybridized carbons (Fsp3) is 0.471. The first kappa shape index (κ1) is 13.9. The quantitative estimate of drug-likeness (QED) is 0.690. The van der Waals surface area contributed by atoms with Gasteiger partial charge >= 0.3 is 0 Å². The molecule has 0 bridgehead atoms. The van der Waals surface area contributed by atoms with Crippen LogP contribution in [0.15, 0.2) is 30.3 Å². The molecule has 1 heterocycles. The molecule has 1 aromatic heterocycles. The summed E-state index contributed by atoms with van der Waals surface area (Å²) < 4.78 is 2.12. The van der Waals surface area contributed by atoms with Crippen LogP contribution in [0.1, 0.15) is 49.6 Å². The molecule has 0 aliphatic rings. The summed E-state index contributed by atoms with van der Waals surface area (Å²) in [6.45, 7) is 6.55. The van der Waals surface area contributed by atoms with Crippen molar-refractivity contribution in [1.82, 2.24) is 9.78 Å². The number of aryl methyl sites for hydroxylation is 1. The van der Waals surface area contributed by atoms with E-state index in [0.29, 0.717) is 0 Å². The average molecular weight is 256 g/mol. The van der Waals surface area contributed by atoms with E-state index in [1.165, 1.54) is 42.6 Å². The molecule has 0 unspecified atom stereocenters. The maximum atomic E-state index is 4.70. The van der Waals surface area contributed by atoms with E-state index in [-0.39, 0.29) is 0 Å². The predicted octanol–water partition coefficient (Wildman–Crippen LogP) is 4.61. The molecule has 2 rings (SSSR count). The number of para-hydroxylation sites is 1. The smallest absolute Gasteiger partial charge is 0.0649 e. The van der Waals surface area contributed by atoms with Crippen LogP contribution in [0, 0.1) is 13.8 Å². The second kappa shape index (κ2) is 6.55. The standard InChI is InChI=1S/C17H24N2/c1-4-5-6-10-13-17-14(2)15(3)18-19(17)16-11-8-7-9-12-16/h7-9,11-12H,4-6,10,13H2,1-3H3. The monoisotopic (exact) mass is 256 g/mol. The Morgan fingerprint density at radius 1 is 1.00 bits per heavy atom. The highest BCUT2D eigenvalue weighted by molar-refractivity contribution is 5.36. The van der Waals surface area contributed by atoms with Gasteiger partial charge in [-0.2, -0.15) is 5.10 Å². The first-order valence-electron chi connectivity index (χ1n) is 7.34. The molecule has 0 aliphatic carbocycles. The van der Waals surface area contributed by atoms with Crippen molar-refractivity contribution in [3.05, 3.63) is 47.3 Å². The van der Waals surface area contributed by atoms with Gasteiger partial charge in [0.05, 0.1) is 11.4 Å². The largest absolute Gasteiger partial charge is 0.237 e. The van der Waals surface area contributed by atoms with E-state index in [9.17, 15) is 0 Å². The lowest BCUT2D eigenvalue weighted by atomic mass is 10.1. The summed E-state index contributed by atoms with van der Waals surface area (Å²) in [5.74, 6) is 0. The van der Waals surface area contributed by atoms with Crippen LogP contribution in [0.2, 0.25) is 0 Å². The van der Waals surface area contributed by atoms with Gasteiger partial charge in [0.2, 0.25) is 0 Å². The van der Waals surface area contributed by atoms with Crippen molar-refractivity contribution in [2.75, 3.05) is 0 Å². The Labute approximate surface area is 116 Å². The first-order chi connectivity index (χ1) is 9.24. The SMILES string of the molecule is CCCCCCc1c(C)c(C)nn1-c1ccccc1. The normalized spacial score (nSPS) is 10.9. The highest BCUT2D eigenvalue weighted by Gasteiger charge is 2.12. The molecule has 0 saturated carbocycles. The number of hydrogen-bond donors (Lipinski definition) is 0. The van der Waals surface area contributed by atoms with Gasteiger partial charge in [-0.15, -0.1) is 0 Å². The summed E-state index contributed by atoms with van der Waals surface area (Å²) >= 11 is 0. The molecule has 19 heavy (non-hydrogen) atoms. The molecule has 0 radical (unpaired) electrons. The Bertz CT molecular complexity index is 512. The number of rotatable bonds is 6. The van der Waals surface area contributed by atoms with E-state index in [0.717, 1.165) is 12.1 Å². The zero-order valence-electron chi connectivity index (χ0n) is 12.3. The predicted molar refractivity (Wildman–Crippen MR) is 80.9 cm³/mol. The van der Waals surface area contributed by atoms with Gasteiger partial charge in [0.15, 0.2) is 0 Å². The van der Waals surface area contributed by atoms with Gasteiger partial charge in [-0.05, 0) is 44.4 Å². The van der Waals surface area contributed by atoms with E-state index in [1.807, 2.05) is 6.07 Å².